The van der Waals surface area contributed by atoms with Gasteiger partial charge in [0.05, 0.1) is 19.2 Å². The lowest BCUT2D eigenvalue weighted by Crippen LogP contribution is -2.54. The number of carbonyl (C=O) groups excluding carboxylic acids is 3. The van der Waals surface area contributed by atoms with Gasteiger partial charge in [0.1, 0.15) is 24.4 Å². The standard InChI is InChI=1S/C24H29ClN2O6/c1-15(2)21(27-24(30)33-14-16-8-6-5-7-9-16)22(28)26-19(23(29)32-4)13-17-10-11-20(31-3)18(25)12-17/h5-12,15,19,21H,13-14H2,1-4H3,(H,26,28)(H,27,30)/t19-,21-/m0/s1. The first-order valence-corrected chi connectivity index (χ1v) is 10.8. The van der Waals surface area contributed by atoms with Crippen LogP contribution in [0, 0.1) is 5.92 Å². The van der Waals surface area contributed by atoms with Crippen LogP contribution in [0.5, 0.6) is 5.75 Å². The van der Waals surface area contributed by atoms with Crippen LogP contribution in [0.15, 0.2) is 48.5 Å². The molecule has 2 aromatic rings. The predicted molar refractivity (Wildman–Crippen MR) is 124 cm³/mol. The van der Waals surface area contributed by atoms with Crippen LogP contribution in [-0.2, 0) is 32.1 Å². The molecule has 0 spiro atoms. The quantitative estimate of drug-likeness (QED) is 0.509. The average Bonchev–Trinajstić information content (AvgIpc) is 2.80. The normalized spacial score (nSPS) is 12.4. The second kappa shape index (κ2) is 12.7. The van der Waals surface area contributed by atoms with Gasteiger partial charge in [-0.25, -0.2) is 9.59 Å². The zero-order valence-corrected chi connectivity index (χ0v) is 19.8. The molecule has 0 radical (unpaired) electrons. The summed E-state index contributed by atoms with van der Waals surface area (Å²) in [7, 11) is 2.74. The molecule has 9 heteroatoms. The Morgan fingerprint density at radius 3 is 2.24 bits per heavy atom. The Labute approximate surface area is 198 Å². The SMILES string of the molecule is COC(=O)[C@H](Cc1ccc(OC)c(Cl)c1)NC(=O)[C@@H](NC(=O)OCc1ccccc1)C(C)C. The molecule has 0 aliphatic rings. The van der Waals surface area contributed by atoms with Crippen molar-refractivity contribution in [2.75, 3.05) is 14.2 Å². The summed E-state index contributed by atoms with van der Waals surface area (Å²) in [5, 5.41) is 5.62. The molecule has 0 aromatic heterocycles. The fourth-order valence-electron chi connectivity index (χ4n) is 3.10. The smallest absolute Gasteiger partial charge is 0.408 e. The van der Waals surface area contributed by atoms with Gasteiger partial charge < -0.3 is 24.8 Å². The average molecular weight is 477 g/mol. The number of benzene rings is 2. The van der Waals surface area contributed by atoms with E-state index in [1.807, 2.05) is 30.3 Å². The van der Waals surface area contributed by atoms with Crippen LogP contribution >= 0.6 is 11.6 Å². The zero-order chi connectivity index (χ0) is 24.4. The molecular weight excluding hydrogens is 448 g/mol. The molecule has 0 aliphatic heterocycles. The molecule has 2 amide bonds. The van der Waals surface area contributed by atoms with Crippen molar-refractivity contribution in [1.29, 1.82) is 0 Å². The van der Waals surface area contributed by atoms with Crippen LogP contribution in [-0.4, -0.2) is 44.3 Å². The molecule has 2 rings (SSSR count). The van der Waals surface area contributed by atoms with Crippen LogP contribution in [0.1, 0.15) is 25.0 Å². The number of methoxy groups -OCH3 is 2. The first-order valence-electron chi connectivity index (χ1n) is 10.4. The Morgan fingerprint density at radius 2 is 1.67 bits per heavy atom. The number of amides is 2. The number of hydrogen-bond donors (Lipinski definition) is 2. The number of ether oxygens (including phenoxy) is 3. The molecule has 0 unspecified atom stereocenters. The summed E-state index contributed by atoms with van der Waals surface area (Å²) in [5.74, 6) is -0.915. The molecule has 0 aliphatic carbocycles. The van der Waals surface area contributed by atoms with Gasteiger partial charge in [-0.3, -0.25) is 4.79 Å². The van der Waals surface area contributed by atoms with Crippen molar-refractivity contribution < 1.29 is 28.6 Å². The van der Waals surface area contributed by atoms with Gasteiger partial charge >= 0.3 is 12.1 Å². The van der Waals surface area contributed by atoms with E-state index in [1.54, 1.807) is 32.0 Å². The van der Waals surface area contributed by atoms with E-state index in [4.69, 9.17) is 25.8 Å². The highest BCUT2D eigenvalue weighted by molar-refractivity contribution is 6.32. The lowest BCUT2D eigenvalue weighted by Gasteiger charge is -2.24. The number of rotatable bonds is 10. The molecule has 2 atom stereocenters. The lowest BCUT2D eigenvalue weighted by molar-refractivity contribution is -0.145. The molecule has 0 heterocycles. The summed E-state index contributed by atoms with van der Waals surface area (Å²) in [6, 6.07) is 12.4. The summed E-state index contributed by atoms with van der Waals surface area (Å²) < 4.78 is 15.2. The summed E-state index contributed by atoms with van der Waals surface area (Å²) >= 11 is 6.17. The summed E-state index contributed by atoms with van der Waals surface area (Å²) in [4.78, 5) is 37.5. The van der Waals surface area contributed by atoms with Gasteiger partial charge in [0, 0.05) is 6.42 Å². The van der Waals surface area contributed by atoms with Crippen LogP contribution in [0.25, 0.3) is 0 Å². The van der Waals surface area contributed by atoms with Crippen LogP contribution < -0.4 is 15.4 Å². The maximum absolute atomic E-state index is 12.9. The third-order valence-corrected chi connectivity index (χ3v) is 5.19. The Hall–Kier alpha value is -3.26. The second-order valence-corrected chi connectivity index (χ2v) is 8.09. The van der Waals surface area contributed by atoms with Crippen molar-refractivity contribution in [2.24, 2.45) is 5.92 Å². The van der Waals surface area contributed by atoms with E-state index in [9.17, 15) is 14.4 Å². The van der Waals surface area contributed by atoms with Crippen LogP contribution in [0.2, 0.25) is 5.02 Å². The van der Waals surface area contributed by atoms with E-state index in [0.29, 0.717) is 16.3 Å². The zero-order valence-electron chi connectivity index (χ0n) is 19.1. The molecule has 0 saturated carbocycles. The Kier molecular flexibility index (Phi) is 10.00. The third kappa shape index (κ3) is 7.98. The number of esters is 1. The van der Waals surface area contributed by atoms with Gasteiger partial charge in [-0.1, -0.05) is 61.8 Å². The Balaban J connectivity index is 2.05. The van der Waals surface area contributed by atoms with E-state index < -0.39 is 30.1 Å². The predicted octanol–water partition coefficient (Wildman–Crippen LogP) is 3.50. The first kappa shape index (κ1) is 26.0. The maximum Gasteiger partial charge on any atom is 0.408 e. The lowest BCUT2D eigenvalue weighted by atomic mass is 10.0. The van der Waals surface area contributed by atoms with E-state index in [1.165, 1.54) is 14.2 Å². The molecule has 2 aromatic carbocycles. The summed E-state index contributed by atoms with van der Waals surface area (Å²) in [6.45, 7) is 3.62. The molecule has 0 saturated heterocycles. The van der Waals surface area contributed by atoms with Crippen molar-refractivity contribution in [3.05, 3.63) is 64.7 Å². The topological polar surface area (TPSA) is 103 Å². The van der Waals surface area contributed by atoms with Crippen LogP contribution in [0.4, 0.5) is 4.79 Å². The van der Waals surface area contributed by atoms with Gasteiger partial charge in [-0.05, 0) is 29.2 Å². The first-order chi connectivity index (χ1) is 15.7. The van der Waals surface area contributed by atoms with Gasteiger partial charge in [0.25, 0.3) is 0 Å². The Morgan fingerprint density at radius 1 is 0.970 bits per heavy atom. The third-order valence-electron chi connectivity index (χ3n) is 4.89. The van der Waals surface area contributed by atoms with Crippen molar-refractivity contribution in [3.63, 3.8) is 0 Å². The van der Waals surface area contributed by atoms with Gasteiger partial charge in [0.2, 0.25) is 5.91 Å². The molecule has 178 valence electrons. The fraction of sp³-hybridized carbons (Fsp3) is 0.375. The molecular formula is C24H29ClN2O6. The van der Waals surface area contributed by atoms with Gasteiger partial charge in [-0.2, -0.15) is 0 Å². The minimum Gasteiger partial charge on any atom is -0.495 e. The number of carbonyl (C=O) groups is 3. The van der Waals surface area contributed by atoms with E-state index in [-0.39, 0.29) is 18.9 Å². The maximum atomic E-state index is 12.9. The molecule has 33 heavy (non-hydrogen) atoms. The fourth-order valence-corrected chi connectivity index (χ4v) is 3.38. The highest BCUT2D eigenvalue weighted by Crippen LogP contribution is 2.25. The monoisotopic (exact) mass is 476 g/mol. The molecule has 0 fully saturated rings. The van der Waals surface area contributed by atoms with Gasteiger partial charge in [0.15, 0.2) is 0 Å². The Bertz CT molecular complexity index is 951. The van der Waals surface area contributed by atoms with Gasteiger partial charge in [-0.15, -0.1) is 0 Å². The highest BCUT2D eigenvalue weighted by atomic mass is 35.5. The minimum absolute atomic E-state index is 0.0715. The van der Waals surface area contributed by atoms with Crippen LogP contribution in [0.3, 0.4) is 0 Å². The van der Waals surface area contributed by atoms with Crippen molar-refractivity contribution in [2.45, 2.75) is 39.0 Å². The summed E-state index contributed by atoms with van der Waals surface area (Å²) in [5.41, 5.74) is 1.52. The largest absolute Gasteiger partial charge is 0.495 e. The number of halogens is 1. The molecule has 0 bridgehead atoms. The van der Waals surface area contributed by atoms with E-state index in [2.05, 4.69) is 10.6 Å². The van der Waals surface area contributed by atoms with E-state index >= 15 is 0 Å². The summed E-state index contributed by atoms with van der Waals surface area (Å²) in [6.07, 6.45) is -0.588. The number of alkyl carbamates (subject to hydrolysis) is 1. The minimum atomic E-state index is -0.977. The second-order valence-electron chi connectivity index (χ2n) is 7.69. The molecule has 8 nitrogen and oxygen atoms in total. The molecule has 2 N–H and O–H groups in total. The number of nitrogens with one attached hydrogen (secondary N) is 2. The van der Waals surface area contributed by atoms with Crippen molar-refractivity contribution in [3.8, 4) is 5.75 Å². The number of hydrogen-bond acceptors (Lipinski definition) is 6. The van der Waals surface area contributed by atoms with Crippen molar-refractivity contribution in [1.82, 2.24) is 10.6 Å². The highest BCUT2D eigenvalue weighted by Gasteiger charge is 2.30. The van der Waals surface area contributed by atoms with E-state index in [0.717, 1.165) is 5.56 Å². The van der Waals surface area contributed by atoms with Crippen molar-refractivity contribution >= 4 is 29.6 Å².